The summed E-state index contributed by atoms with van der Waals surface area (Å²) in [6, 6.07) is 23.6. The number of nitrogens with one attached hydrogen (secondary N) is 3. The van der Waals surface area contributed by atoms with Crippen LogP contribution in [0.25, 0.3) is 10.9 Å². The highest BCUT2D eigenvalue weighted by atomic mass is 32.2. The van der Waals surface area contributed by atoms with Gasteiger partial charge in [-0.15, -0.1) is 0 Å². The number of aromatic hydroxyl groups is 1. The van der Waals surface area contributed by atoms with Gasteiger partial charge in [0.05, 0.1) is 44.5 Å². The van der Waals surface area contributed by atoms with Gasteiger partial charge < -0.3 is 49.1 Å². The van der Waals surface area contributed by atoms with Crippen LogP contribution in [0.5, 0.6) is 17.2 Å². The minimum Gasteiger partial charge on any atom is -0.504 e. The van der Waals surface area contributed by atoms with Gasteiger partial charge >= 0.3 is 5.97 Å². The highest BCUT2D eigenvalue weighted by Gasteiger charge is 2.30. The van der Waals surface area contributed by atoms with Gasteiger partial charge in [0.25, 0.3) is 11.8 Å². The number of benzene rings is 4. The van der Waals surface area contributed by atoms with E-state index in [1.165, 1.54) is 40.8 Å². The van der Waals surface area contributed by atoms with E-state index in [0.29, 0.717) is 93.5 Å². The minimum absolute atomic E-state index is 0.0436. The standard InChI is InChI=1S/C52H64N4O13S/c1-51(2,3)42-31-46(45(57)32-44(42)55-50(61)41-33-53-43-10-8-7-9-40(43)48(41)59)68-30-28-66-26-24-64-23-25-65-27-29-67-38-15-11-35(12-16-38)36-19-21-56(22-20-36)70(62,63)39-17-13-37(14-18-39)49(60)54-34-47(58)69-52(4,5)6/h7-18,31-33,36,57H,19-30,34H2,1-6H3,(H,53,59)(H,54,60)(H,55,61). The molecule has 1 aliphatic rings. The lowest BCUT2D eigenvalue weighted by atomic mass is 9.85. The maximum Gasteiger partial charge on any atom is 0.325 e. The smallest absolute Gasteiger partial charge is 0.325 e. The average molecular weight is 985 g/mol. The number of H-pyrrole nitrogens is 1. The first-order chi connectivity index (χ1) is 33.3. The van der Waals surface area contributed by atoms with Crippen LogP contribution in [0.2, 0.25) is 0 Å². The first-order valence-corrected chi connectivity index (χ1v) is 24.7. The molecule has 17 nitrogen and oxygen atoms in total. The molecular formula is C52H64N4O13S. The number of pyridine rings is 1. The van der Waals surface area contributed by atoms with Crippen molar-refractivity contribution in [2.24, 2.45) is 0 Å². The number of hydrogen-bond donors (Lipinski definition) is 4. The molecule has 1 aliphatic heterocycles. The maximum absolute atomic E-state index is 13.4. The fraction of sp³-hybridized carbons (Fsp3) is 0.423. The molecule has 2 heterocycles. The number of carbonyl (C=O) groups is 3. The van der Waals surface area contributed by atoms with Crippen molar-refractivity contribution in [3.63, 3.8) is 0 Å². The summed E-state index contributed by atoms with van der Waals surface area (Å²) in [6.45, 7) is 14.1. The Hall–Kier alpha value is -6.31. The Kier molecular flexibility index (Phi) is 18.2. The van der Waals surface area contributed by atoms with E-state index in [1.54, 1.807) is 51.1 Å². The number of phenolic OH excluding ortho intramolecular Hbond substituents is 1. The number of nitrogens with zero attached hydrogens (tertiary/aromatic N) is 1. The third-order valence-electron chi connectivity index (χ3n) is 11.3. The van der Waals surface area contributed by atoms with Crippen LogP contribution in [0.3, 0.4) is 0 Å². The van der Waals surface area contributed by atoms with Crippen LogP contribution in [0, 0.1) is 0 Å². The number of carbonyl (C=O) groups excluding carboxylic acids is 3. The SMILES string of the molecule is CC(C)(C)OC(=O)CNC(=O)c1ccc(S(=O)(=O)N2CCC(c3ccc(OCCOCCOCCOCCOc4cc(C(C)(C)C)c(NC(=O)c5c[nH]c6ccccc6c5=O)cc4O)cc3)CC2)cc1. The quantitative estimate of drug-likeness (QED) is 0.0409. The predicted octanol–water partition coefficient (Wildman–Crippen LogP) is 6.93. The molecule has 1 saturated heterocycles. The molecule has 0 radical (unpaired) electrons. The van der Waals surface area contributed by atoms with Crippen LogP contribution in [0.4, 0.5) is 5.69 Å². The number of aromatic nitrogens is 1. The van der Waals surface area contributed by atoms with Crippen molar-refractivity contribution in [1.29, 1.82) is 0 Å². The Morgan fingerprint density at radius 2 is 1.36 bits per heavy atom. The van der Waals surface area contributed by atoms with Crippen molar-refractivity contribution >= 4 is 44.4 Å². The zero-order valence-electron chi connectivity index (χ0n) is 40.6. The molecule has 5 aromatic rings. The Balaban J connectivity index is 0.813. The molecule has 4 aromatic carbocycles. The molecule has 0 saturated carbocycles. The van der Waals surface area contributed by atoms with Crippen LogP contribution >= 0.6 is 0 Å². The van der Waals surface area contributed by atoms with Crippen molar-refractivity contribution < 1.29 is 56.3 Å². The minimum atomic E-state index is -3.76. The molecule has 376 valence electrons. The summed E-state index contributed by atoms with van der Waals surface area (Å²) in [6.07, 6.45) is 2.70. The fourth-order valence-corrected chi connectivity index (χ4v) is 9.20. The molecule has 70 heavy (non-hydrogen) atoms. The maximum atomic E-state index is 13.4. The van der Waals surface area contributed by atoms with E-state index in [-0.39, 0.29) is 53.2 Å². The number of aromatic amines is 1. The second-order valence-corrected chi connectivity index (χ2v) is 20.7. The van der Waals surface area contributed by atoms with Gasteiger partial charge in [-0.3, -0.25) is 19.2 Å². The van der Waals surface area contributed by atoms with Crippen LogP contribution in [0.15, 0.2) is 101 Å². The van der Waals surface area contributed by atoms with E-state index in [4.69, 9.17) is 28.4 Å². The average Bonchev–Trinajstić information content (AvgIpc) is 3.32. The summed E-state index contributed by atoms with van der Waals surface area (Å²) in [5.41, 5.74) is 1.49. The van der Waals surface area contributed by atoms with Crippen molar-refractivity contribution in [2.75, 3.05) is 77.8 Å². The number of ether oxygens (including phenoxy) is 6. The van der Waals surface area contributed by atoms with Gasteiger partial charge in [0.15, 0.2) is 11.5 Å². The van der Waals surface area contributed by atoms with Crippen molar-refractivity contribution in [2.45, 2.75) is 76.2 Å². The zero-order valence-corrected chi connectivity index (χ0v) is 41.4. The predicted molar refractivity (Wildman–Crippen MR) is 265 cm³/mol. The molecule has 0 spiro atoms. The number of para-hydroxylation sites is 1. The molecule has 0 atom stereocenters. The van der Waals surface area contributed by atoms with Crippen molar-refractivity contribution in [3.8, 4) is 17.2 Å². The largest absolute Gasteiger partial charge is 0.504 e. The number of rotatable bonds is 22. The van der Waals surface area contributed by atoms with E-state index >= 15 is 0 Å². The molecule has 0 aliphatic carbocycles. The number of phenols is 1. The lowest BCUT2D eigenvalue weighted by Crippen LogP contribution is -2.38. The summed E-state index contributed by atoms with van der Waals surface area (Å²) in [4.78, 5) is 53.8. The Morgan fingerprint density at radius 3 is 1.97 bits per heavy atom. The molecule has 1 aromatic heterocycles. The molecule has 0 bridgehead atoms. The van der Waals surface area contributed by atoms with Crippen LogP contribution in [0.1, 0.15) is 92.1 Å². The topological polar surface area (TPSA) is 221 Å². The number of hydrogen-bond acceptors (Lipinski definition) is 13. The van der Waals surface area contributed by atoms with Gasteiger partial charge in [-0.25, -0.2) is 8.42 Å². The number of sulfonamides is 1. The number of piperidine rings is 1. The normalized spacial score (nSPS) is 13.7. The van der Waals surface area contributed by atoms with Gasteiger partial charge in [0.2, 0.25) is 15.5 Å². The summed E-state index contributed by atoms with van der Waals surface area (Å²) in [7, 11) is -3.76. The van der Waals surface area contributed by atoms with Gasteiger partial charge in [0, 0.05) is 47.5 Å². The lowest BCUT2D eigenvalue weighted by molar-refractivity contribution is -0.153. The Bertz CT molecular complexity index is 2740. The second kappa shape index (κ2) is 24.0. The van der Waals surface area contributed by atoms with E-state index < -0.39 is 44.3 Å². The van der Waals surface area contributed by atoms with Gasteiger partial charge in [0.1, 0.15) is 36.7 Å². The van der Waals surface area contributed by atoms with Crippen LogP contribution in [-0.4, -0.2) is 119 Å². The van der Waals surface area contributed by atoms with Crippen molar-refractivity contribution in [3.05, 3.63) is 124 Å². The molecule has 2 amide bonds. The lowest BCUT2D eigenvalue weighted by Gasteiger charge is -2.31. The highest BCUT2D eigenvalue weighted by Crippen LogP contribution is 2.39. The van der Waals surface area contributed by atoms with Crippen molar-refractivity contribution in [1.82, 2.24) is 14.6 Å². The first-order valence-electron chi connectivity index (χ1n) is 23.3. The monoisotopic (exact) mass is 984 g/mol. The van der Waals surface area contributed by atoms with Gasteiger partial charge in [-0.05, 0) is 111 Å². The molecule has 1 fully saturated rings. The van der Waals surface area contributed by atoms with E-state index in [1.807, 2.05) is 45.0 Å². The first kappa shape index (κ1) is 53.0. The van der Waals surface area contributed by atoms with Crippen LogP contribution < -0.4 is 25.5 Å². The molecule has 6 rings (SSSR count). The third kappa shape index (κ3) is 14.9. The number of anilines is 1. The molecular weight excluding hydrogens is 921 g/mol. The summed E-state index contributed by atoms with van der Waals surface area (Å²) in [5.74, 6) is -0.703. The van der Waals surface area contributed by atoms with Crippen LogP contribution in [-0.2, 0) is 39.2 Å². The number of fused-ring (bicyclic) bond motifs is 1. The molecule has 18 heteroatoms. The highest BCUT2D eigenvalue weighted by molar-refractivity contribution is 7.89. The summed E-state index contributed by atoms with van der Waals surface area (Å²) >= 11 is 0. The Labute approximate surface area is 408 Å². The summed E-state index contributed by atoms with van der Waals surface area (Å²) < 4.78 is 62.1. The molecule has 4 N–H and O–H groups in total. The van der Waals surface area contributed by atoms with E-state index in [0.717, 1.165) is 5.56 Å². The Morgan fingerprint density at radius 1 is 0.757 bits per heavy atom. The number of esters is 1. The van der Waals surface area contributed by atoms with E-state index in [2.05, 4.69) is 15.6 Å². The fourth-order valence-electron chi connectivity index (χ4n) is 7.73. The third-order valence-corrected chi connectivity index (χ3v) is 13.2. The molecule has 0 unspecified atom stereocenters. The van der Waals surface area contributed by atoms with Gasteiger partial charge in [-0.1, -0.05) is 45.0 Å². The zero-order chi connectivity index (χ0) is 50.5. The van der Waals surface area contributed by atoms with E-state index in [9.17, 15) is 32.7 Å². The summed E-state index contributed by atoms with van der Waals surface area (Å²) in [5, 5.41) is 16.5. The number of amides is 2. The second-order valence-electron chi connectivity index (χ2n) is 18.7. The van der Waals surface area contributed by atoms with Gasteiger partial charge in [-0.2, -0.15) is 4.31 Å².